The number of allylic oxidation sites excluding steroid dienone is 1. The van der Waals surface area contributed by atoms with Crippen molar-refractivity contribution in [3.8, 4) is 0 Å². The number of aliphatic carboxylic acids is 1. The molecule has 15 heteroatoms. The van der Waals surface area contributed by atoms with E-state index in [1.165, 1.54) is 115 Å². The molecule has 0 amide bonds. The number of unbranched alkanes of at least 4 members (excludes halogenated alkanes) is 22. The van der Waals surface area contributed by atoms with E-state index in [0.717, 1.165) is 38.5 Å². The molecular formula is C48H88NO13P. The molecule has 14 nitrogen and oxygen atoms in total. The normalized spacial score (nSPS) is 20.2. The molecular weight excluding hydrogens is 829 g/mol. The predicted octanol–water partition coefficient (Wildman–Crippen LogP) is 9.78. The van der Waals surface area contributed by atoms with E-state index in [-0.39, 0.29) is 31.1 Å². The van der Waals surface area contributed by atoms with Gasteiger partial charge in [-0.2, -0.15) is 0 Å². The summed E-state index contributed by atoms with van der Waals surface area (Å²) >= 11 is 0. The van der Waals surface area contributed by atoms with E-state index in [9.17, 15) is 39.2 Å². The summed E-state index contributed by atoms with van der Waals surface area (Å²) in [6, 6.07) is -1.57. The molecule has 1 unspecified atom stereocenters. The highest BCUT2D eigenvalue weighted by Gasteiger charge is 2.39. The van der Waals surface area contributed by atoms with Crippen molar-refractivity contribution in [1.29, 1.82) is 0 Å². The number of carbonyl (C=O) groups excluding carboxylic acids is 2. The van der Waals surface area contributed by atoms with Crippen molar-refractivity contribution in [3.63, 3.8) is 0 Å². The number of carboxylic acids is 1. The Bertz CT molecular complexity index is 1280. The van der Waals surface area contributed by atoms with E-state index >= 15 is 0 Å². The van der Waals surface area contributed by atoms with Gasteiger partial charge in [-0.05, 0) is 25.2 Å². The Hall–Kier alpha value is -2.16. The molecule has 0 aliphatic heterocycles. The van der Waals surface area contributed by atoms with E-state index in [0.29, 0.717) is 19.3 Å². The van der Waals surface area contributed by atoms with Crippen molar-refractivity contribution in [2.45, 2.75) is 231 Å². The molecule has 0 heterocycles. The van der Waals surface area contributed by atoms with E-state index < -0.39 is 76.0 Å². The van der Waals surface area contributed by atoms with Gasteiger partial charge in [-0.25, -0.2) is 4.57 Å². The molecule has 0 aromatic rings. The van der Waals surface area contributed by atoms with Crippen LogP contribution >= 0.6 is 7.82 Å². The molecule has 1 fully saturated rings. The molecule has 0 radical (unpaired) electrons. The average molecular weight is 918 g/mol. The second-order valence-electron chi connectivity index (χ2n) is 17.6. The van der Waals surface area contributed by atoms with E-state index in [1.54, 1.807) is 18.2 Å². The van der Waals surface area contributed by atoms with Crippen molar-refractivity contribution in [2.24, 2.45) is 17.6 Å². The molecule has 0 spiro atoms. The second kappa shape index (κ2) is 38.0. The van der Waals surface area contributed by atoms with Gasteiger partial charge in [-0.15, -0.1) is 0 Å². The fourth-order valence-electron chi connectivity index (χ4n) is 7.87. The Morgan fingerprint density at radius 3 is 1.70 bits per heavy atom. The summed E-state index contributed by atoms with van der Waals surface area (Å²) in [5, 5.41) is 40.3. The van der Waals surface area contributed by atoms with E-state index in [4.69, 9.17) is 24.8 Å². The maximum absolute atomic E-state index is 12.8. The number of carbonyl (C=O) groups is 3. The summed E-state index contributed by atoms with van der Waals surface area (Å²) in [5.74, 6) is -3.41. The molecule has 1 rings (SSSR count). The first-order chi connectivity index (χ1) is 30.3. The molecule has 368 valence electrons. The zero-order valence-corrected chi connectivity index (χ0v) is 39.9. The van der Waals surface area contributed by atoms with Crippen LogP contribution in [0.25, 0.3) is 0 Å². The van der Waals surface area contributed by atoms with Crippen molar-refractivity contribution in [1.82, 2.24) is 0 Å². The van der Waals surface area contributed by atoms with E-state index in [1.807, 2.05) is 0 Å². The van der Waals surface area contributed by atoms with Crippen LogP contribution < -0.4 is 5.73 Å². The summed E-state index contributed by atoms with van der Waals surface area (Å²) in [6.07, 6.45) is 33.8. The van der Waals surface area contributed by atoms with Crippen LogP contribution in [-0.2, 0) is 37.5 Å². The van der Waals surface area contributed by atoms with Gasteiger partial charge in [-0.3, -0.25) is 23.4 Å². The second-order valence-corrected chi connectivity index (χ2v) is 19.0. The molecule has 0 aromatic carbocycles. The number of esters is 2. The molecule has 1 aliphatic rings. The number of aliphatic hydroxyl groups excluding tert-OH is 3. The minimum Gasteiger partial charge on any atom is -0.480 e. The summed E-state index contributed by atoms with van der Waals surface area (Å²) in [5.41, 5.74) is 5.34. The van der Waals surface area contributed by atoms with Crippen molar-refractivity contribution in [3.05, 3.63) is 24.3 Å². The number of hydrogen-bond acceptors (Lipinski definition) is 12. The zero-order chi connectivity index (χ0) is 46.6. The Morgan fingerprint density at radius 2 is 1.17 bits per heavy atom. The number of carboxylic acid groups (broad SMARTS) is 1. The van der Waals surface area contributed by atoms with Gasteiger partial charge in [0.05, 0.1) is 37.9 Å². The number of ether oxygens (including phenoxy) is 2. The Morgan fingerprint density at radius 1 is 0.683 bits per heavy atom. The smallest absolute Gasteiger partial charge is 0.472 e. The van der Waals surface area contributed by atoms with Crippen LogP contribution in [0.3, 0.4) is 0 Å². The van der Waals surface area contributed by atoms with Crippen molar-refractivity contribution < 1.29 is 62.8 Å². The lowest BCUT2D eigenvalue weighted by molar-refractivity contribution is -0.160. The standard InChI is InChI=1S/C48H88NO13P/c1-3-5-7-8-9-10-11-12-13-14-15-16-17-18-19-20-21-22-23-24-26-31-46(53)59-36-40(37-60-63(57,58)61-38-43(49)48(55)56)62-47(54)32-28-27-30-41-42(45(52)35-44(41)51)34-33-39(50)29-25-6-4-2/h27-28,33-34,39-45,50-52H,3-26,29-32,35-38,49H2,1-2H3,(H,55,56)(H,57,58)/b28-27-,34-33+/t39-,40-,41+,42-,43+,44+,45-/m1/s1. The third-order valence-corrected chi connectivity index (χ3v) is 12.8. The predicted molar refractivity (Wildman–Crippen MR) is 247 cm³/mol. The summed E-state index contributed by atoms with van der Waals surface area (Å²) in [7, 11) is -4.81. The van der Waals surface area contributed by atoms with Crippen LogP contribution in [-0.4, -0.2) is 93.5 Å². The first-order valence-corrected chi connectivity index (χ1v) is 26.1. The highest BCUT2D eigenvalue weighted by molar-refractivity contribution is 7.47. The minimum atomic E-state index is -4.81. The minimum absolute atomic E-state index is 0.160. The number of aliphatic hydroxyl groups is 3. The SMILES string of the molecule is CCCCCCCCCCCCCCCCCCCCCCCC(=O)OC[C@H](COP(=O)(O)OC[C@H](N)C(=O)O)OC(=O)C/C=C\C[C@H]1[C@@H](/C=C/[C@H](O)CCCCC)[C@H](O)C[C@@H]1O. The van der Waals surface area contributed by atoms with Crippen LogP contribution in [0.15, 0.2) is 24.3 Å². The molecule has 8 atom stereocenters. The van der Waals surface area contributed by atoms with Gasteiger partial charge in [0.1, 0.15) is 12.6 Å². The van der Waals surface area contributed by atoms with Crippen LogP contribution in [0.1, 0.15) is 200 Å². The third kappa shape index (κ3) is 32.2. The average Bonchev–Trinajstić information content (AvgIpc) is 3.52. The first kappa shape index (κ1) is 58.9. The largest absolute Gasteiger partial charge is 0.480 e. The molecule has 1 saturated carbocycles. The fourth-order valence-corrected chi connectivity index (χ4v) is 8.64. The van der Waals surface area contributed by atoms with Crippen molar-refractivity contribution in [2.75, 3.05) is 19.8 Å². The molecule has 0 bridgehead atoms. The Kier molecular flexibility index (Phi) is 35.5. The number of hydrogen-bond donors (Lipinski definition) is 6. The van der Waals surface area contributed by atoms with E-state index in [2.05, 4.69) is 18.4 Å². The molecule has 0 aromatic heterocycles. The molecule has 0 saturated heterocycles. The maximum Gasteiger partial charge on any atom is 0.472 e. The molecule has 7 N–H and O–H groups in total. The van der Waals surface area contributed by atoms with Crippen LogP contribution in [0, 0.1) is 11.8 Å². The van der Waals surface area contributed by atoms with Gasteiger partial charge in [0.25, 0.3) is 0 Å². The Balaban J connectivity index is 2.42. The summed E-state index contributed by atoms with van der Waals surface area (Å²) in [4.78, 5) is 46.4. The lowest BCUT2D eigenvalue weighted by Crippen LogP contribution is -2.34. The number of phosphoric acid groups is 1. The van der Waals surface area contributed by atoms with Gasteiger partial charge >= 0.3 is 25.7 Å². The van der Waals surface area contributed by atoms with Crippen LogP contribution in [0.5, 0.6) is 0 Å². The number of rotatable bonds is 42. The summed E-state index contributed by atoms with van der Waals surface area (Å²) in [6.45, 7) is 2.40. The maximum atomic E-state index is 12.8. The lowest BCUT2D eigenvalue weighted by Gasteiger charge is -2.20. The Labute approximate surface area is 379 Å². The van der Waals surface area contributed by atoms with Gasteiger partial charge in [0.2, 0.25) is 0 Å². The fraction of sp³-hybridized carbons (Fsp3) is 0.854. The van der Waals surface area contributed by atoms with Gasteiger partial charge < -0.3 is 40.5 Å². The molecule has 1 aliphatic carbocycles. The summed E-state index contributed by atoms with van der Waals surface area (Å²) < 4.78 is 32.7. The van der Waals surface area contributed by atoms with Gasteiger partial charge in [0.15, 0.2) is 6.10 Å². The third-order valence-electron chi connectivity index (χ3n) is 11.8. The number of nitrogens with two attached hydrogens (primary N) is 1. The van der Waals surface area contributed by atoms with Gasteiger partial charge in [-0.1, -0.05) is 186 Å². The number of phosphoric ester groups is 1. The first-order valence-electron chi connectivity index (χ1n) is 24.6. The quantitative estimate of drug-likeness (QED) is 0.0145. The zero-order valence-electron chi connectivity index (χ0n) is 39.0. The lowest BCUT2D eigenvalue weighted by atomic mass is 9.89. The van der Waals surface area contributed by atoms with Crippen LogP contribution in [0.2, 0.25) is 0 Å². The van der Waals surface area contributed by atoms with Crippen molar-refractivity contribution >= 4 is 25.7 Å². The van der Waals surface area contributed by atoms with Gasteiger partial charge in [0, 0.05) is 18.8 Å². The highest BCUT2D eigenvalue weighted by atomic mass is 31.2. The highest BCUT2D eigenvalue weighted by Crippen LogP contribution is 2.43. The molecule has 63 heavy (non-hydrogen) atoms. The topological polar surface area (TPSA) is 232 Å². The van der Waals surface area contributed by atoms with Crippen LogP contribution in [0.4, 0.5) is 0 Å². The monoisotopic (exact) mass is 918 g/mol.